The molecule has 2 aliphatic rings. The Morgan fingerprint density at radius 1 is 0.632 bits per heavy atom. The fourth-order valence-electron chi connectivity index (χ4n) is 4.45. The Balaban J connectivity index is 0.000000861. The highest BCUT2D eigenvalue weighted by atomic mass is 14.4. The van der Waals surface area contributed by atoms with Crippen LogP contribution in [-0.2, 0) is 0 Å². The fourth-order valence-corrected chi connectivity index (χ4v) is 4.45. The average molecular weight is 267 g/mol. The predicted molar refractivity (Wildman–Crippen MR) is 87.4 cm³/mol. The van der Waals surface area contributed by atoms with Gasteiger partial charge < -0.3 is 0 Å². The smallest absolute Gasteiger partial charge is 0.0360 e. The van der Waals surface area contributed by atoms with E-state index in [1.807, 2.05) is 13.8 Å². The van der Waals surface area contributed by atoms with Crippen LogP contribution in [0.3, 0.4) is 0 Å². The molecule has 0 aliphatic heterocycles. The minimum atomic E-state index is 1.00. The first-order valence-corrected chi connectivity index (χ1v) is 9.27. The second-order valence-corrected chi connectivity index (χ2v) is 7.02. The van der Waals surface area contributed by atoms with E-state index >= 15 is 0 Å². The lowest BCUT2D eigenvalue weighted by molar-refractivity contribution is 0.142. The maximum Gasteiger partial charge on any atom is -0.0360 e. The summed E-state index contributed by atoms with van der Waals surface area (Å²) >= 11 is 0. The van der Waals surface area contributed by atoms with Crippen LogP contribution >= 0.6 is 0 Å². The molecule has 0 aromatic heterocycles. The van der Waals surface area contributed by atoms with Gasteiger partial charge >= 0.3 is 0 Å². The highest BCUT2D eigenvalue weighted by Crippen LogP contribution is 2.41. The minimum absolute atomic E-state index is 1.00. The summed E-state index contributed by atoms with van der Waals surface area (Å²) in [7, 11) is 0. The first-order chi connectivity index (χ1) is 9.27. The van der Waals surface area contributed by atoms with E-state index in [9.17, 15) is 0 Å². The van der Waals surface area contributed by atoms with Crippen molar-refractivity contribution in [2.45, 2.75) is 98.3 Å². The third kappa shape index (κ3) is 5.88. The van der Waals surface area contributed by atoms with E-state index in [0.29, 0.717) is 0 Å². The van der Waals surface area contributed by atoms with Gasteiger partial charge in [-0.25, -0.2) is 0 Å². The fraction of sp³-hybridized carbons (Fsp3) is 1.00. The maximum absolute atomic E-state index is 2.55. The summed E-state index contributed by atoms with van der Waals surface area (Å²) in [6, 6.07) is 0. The van der Waals surface area contributed by atoms with Crippen LogP contribution in [0.2, 0.25) is 0 Å². The molecule has 19 heavy (non-hydrogen) atoms. The Morgan fingerprint density at radius 3 is 1.95 bits per heavy atom. The van der Waals surface area contributed by atoms with Crippen LogP contribution in [0.25, 0.3) is 0 Å². The maximum atomic E-state index is 2.55. The molecule has 0 saturated heterocycles. The Kier molecular flexibility index (Phi) is 8.83. The normalized spacial score (nSPS) is 37.3. The SMILES string of the molecule is CC.CC1CCCC(C2CCCCCCCC2C)C1. The molecule has 4 unspecified atom stereocenters. The van der Waals surface area contributed by atoms with E-state index in [4.69, 9.17) is 0 Å². The van der Waals surface area contributed by atoms with Gasteiger partial charge in [0, 0.05) is 0 Å². The predicted octanol–water partition coefficient (Wildman–Crippen LogP) is 6.84. The lowest BCUT2D eigenvalue weighted by Crippen LogP contribution is -2.26. The zero-order chi connectivity index (χ0) is 14.1. The molecule has 0 N–H and O–H groups in total. The third-order valence-electron chi connectivity index (χ3n) is 5.51. The van der Waals surface area contributed by atoms with Crippen molar-refractivity contribution in [2.75, 3.05) is 0 Å². The number of rotatable bonds is 1. The van der Waals surface area contributed by atoms with Gasteiger partial charge in [0.15, 0.2) is 0 Å². The van der Waals surface area contributed by atoms with Crippen molar-refractivity contribution in [1.82, 2.24) is 0 Å². The van der Waals surface area contributed by atoms with Gasteiger partial charge in [0.1, 0.15) is 0 Å². The molecule has 114 valence electrons. The van der Waals surface area contributed by atoms with Crippen LogP contribution in [0.1, 0.15) is 98.3 Å². The quantitative estimate of drug-likeness (QED) is 0.487. The van der Waals surface area contributed by atoms with Gasteiger partial charge in [-0.3, -0.25) is 0 Å². The molecule has 0 heteroatoms. The van der Waals surface area contributed by atoms with Gasteiger partial charge in [0.05, 0.1) is 0 Å². The van der Waals surface area contributed by atoms with Gasteiger partial charge in [-0.15, -0.1) is 0 Å². The molecule has 2 rings (SSSR count). The Bertz CT molecular complexity index is 208. The van der Waals surface area contributed by atoms with Crippen molar-refractivity contribution in [2.24, 2.45) is 23.7 Å². The molecule has 0 radical (unpaired) electrons. The largest absolute Gasteiger partial charge is 0.0683 e. The van der Waals surface area contributed by atoms with Crippen molar-refractivity contribution in [3.8, 4) is 0 Å². The Morgan fingerprint density at radius 2 is 1.26 bits per heavy atom. The third-order valence-corrected chi connectivity index (χ3v) is 5.51. The first-order valence-electron chi connectivity index (χ1n) is 9.27. The second kappa shape index (κ2) is 9.83. The van der Waals surface area contributed by atoms with Gasteiger partial charge in [-0.05, 0) is 36.5 Å². The van der Waals surface area contributed by atoms with Crippen LogP contribution in [0.4, 0.5) is 0 Å². The van der Waals surface area contributed by atoms with Gasteiger partial charge in [0.25, 0.3) is 0 Å². The summed E-state index contributed by atoms with van der Waals surface area (Å²) in [5.41, 5.74) is 0. The molecule has 2 fully saturated rings. The number of hydrogen-bond acceptors (Lipinski definition) is 0. The van der Waals surface area contributed by atoms with Gasteiger partial charge in [-0.1, -0.05) is 85.5 Å². The monoisotopic (exact) mass is 266 g/mol. The summed E-state index contributed by atoms with van der Waals surface area (Å²) in [6.45, 7) is 9.03. The highest BCUT2D eigenvalue weighted by Gasteiger charge is 2.30. The first kappa shape index (κ1) is 17.1. The summed E-state index contributed by atoms with van der Waals surface area (Å²) < 4.78 is 0. The zero-order valence-electron chi connectivity index (χ0n) is 14.1. The van der Waals surface area contributed by atoms with E-state index < -0.39 is 0 Å². The van der Waals surface area contributed by atoms with Crippen LogP contribution < -0.4 is 0 Å². The molecule has 4 atom stereocenters. The van der Waals surface area contributed by atoms with E-state index in [-0.39, 0.29) is 0 Å². The second-order valence-electron chi connectivity index (χ2n) is 7.02. The lowest BCUT2D eigenvalue weighted by Gasteiger charge is -2.36. The topological polar surface area (TPSA) is 0 Å². The van der Waals surface area contributed by atoms with Crippen molar-refractivity contribution in [3.63, 3.8) is 0 Å². The van der Waals surface area contributed by atoms with Crippen LogP contribution in [0.15, 0.2) is 0 Å². The van der Waals surface area contributed by atoms with Crippen molar-refractivity contribution < 1.29 is 0 Å². The van der Waals surface area contributed by atoms with E-state index in [0.717, 1.165) is 23.7 Å². The molecular weight excluding hydrogens is 228 g/mol. The summed E-state index contributed by atoms with van der Waals surface area (Å²) in [6.07, 6.45) is 16.7. The summed E-state index contributed by atoms with van der Waals surface area (Å²) in [5, 5.41) is 0. The van der Waals surface area contributed by atoms with Gasteiger partial charge in [-0.2, -0.15) is 0 Å². The standard InChI is InChI=1S/C17H32.C2H6/c1-14-9-8-11-16(13-14)17-12-7-5-3-4-6-10-15(17)2;1-2/h14-17H,3-13H2,1-2H3;1-2H3. The molecule has 0 aromatic rings. The Labute approximate surface area is 122 Å². The average Bonchev–Trinajstić information content (AvgIpc) is 2.53. The molecule has 0 amide bonds. The molecule has 2 saturated carbocycles. The summed E-state index contributed by atoms with van der Waals surface area (Å²) in [4.78, 5) is 0. The molecule has 0 heterocycles. The van der Waals surface area contributed by atoms with E-state index in [1.54, 1.807) is 12.8 Å². The molecule has 0 bridgehead atoms. The van der Waals surface area contributed by atoms with Crippen LogP contribution in [0, 0.1) is 23.7 Å². The van der Waals surface area contributed by atoms with E-state index in [2.05, 4.69) is 13.8 Å². The number of hydrogen-bond donors (Lipinski definition) is 0. The molecule has 0 nitrogen and oxygen atoms in total. The summed E-state index contributed by atoms with van der Waals surface area (Å²) in [5.74, 6) is 4.15. The Hall–Kier alpha value is 0. The minimum Gasteiger partial charge on any atom is -0.0683 e. The molecule has 0 aromatic carbocycles. The van der Waals surface area contributed by atoms with Gasteiger partial charge in [0.2, 0.25) is 0 Å². The van der Waals surface area contributed by atoms with E-state index in [1.165, 1.54) is 57.8 Å². The molecular formula is C19H38. The molecule has 2 aliphatic carbocycles. The zero-order valence-corrected chi connectivity index (χ0v) is 14.1. The van der Waals surface area contributed by atoms with Crippen molar-refractivity contribution in [3.05, 3.63) is 0 Å². The molecule has 0 spiro atoms. The van der Waals surface area contributed by atoms with Crippen LogP contribution in [0.5, 0.6) is 0 Å². The van der Waals surface area contributed by atoms with Crippen molar-refractivity contribution in [1.29, 1.82) is 0 Å². The van der Waals surface area contributed by atoms with Crippen molar-refractivity contribution >= 4 is 0 Å². The lowest BCUT2D eigenvalue weighted by atomic mass is 9.69. The highest BCUT2D eigenvalue weighted by molar-refractivity contribution is 4.80. The van der Waals surface area contributed by atoms with Crippen LogP contribution in [-0.4, -0.2) is 0 Å².